The van der Waals surface area contributed by atoms with E-state index in [2.05, 4.69) is 0 Å². The van der Waals surface area contributed by atoms with E-state index >= 15 is 0 Å². The van der Waals surface area contributed by atoms with E-state index in [0.717, 1.165) is 32.4 Å². The molecule has 23 heavy (non-hydrogen) atoms. The van der Waals surface area contributed by atoms with Gasteiger partial charge in [0.1, 0.15) is 5.75 Å². The Morgan fingerprint density at radius 3 is 2.52 bits per heavy atom. The molecule has 7 heteroatoms. The minimum absolute atomic E-state index is 0.0325. The SMILES string of the molecule is CS(=O)(=O)N1CC[C@@H](C(=O)N2CCCCC2)Oc2ccccc21. The number of carbonyl (C=O) groups excluding carboxylic acids is 1. The monoisotopic (exact) mass is 338 g/mol. The quantitative estimate of drug-likeness (QED) is 0.822. The molecule has 3 rings (SSSR count). The fraction of sp³-hybridized carbons (Fsp3) is 0.562. The molecule has 1 fully saturated rings. The van der Waals surface area contributed by atoms with Crippen molar-refractivity contribution in [3.63, 3.8) is 0 Å². The van der Waals surface area contributed by atoms with Crippen molar-refractivity contribution in [2.24, 2.45) is 0 Å². The predicted octanol–water partition coefficient (Wildman–Crippen LogP) is 1.62. The Bertz CT molecular complexity index is 683. The van der Waals surface area contributed by atoms with Gasteiger partial charge in [0.15, 0.2) is 6.10 Å². The number of para-hydroxylation sites is 2. The molecule has 2 aliphatic heterocycles. The molecular weight excluding hydrogens is 316 g/mol. The minimum atomic E-state index is -3.41. The maximum Gasteiger partial charge on any atom is 0.263 e. The van der Waals surface area contributed by atoms with Gasteiger partial charge in [0.25, 0.3) is 5.91 Å². The molecule has 0 bridgehead atoms. The zero-order valence-electron chi connectivity index (χ0n) is 13.3. The fourth-order valence-corrected chi connectivity index (χ4v) is 4.11. The van der Waals surface area contributed by atoms with Crippen molar-refractivity contribution in [3.8, 4) is 5.75 Å². The molecule has 0 unspecified atom stereocenters. The van der Waals surface area contributed by atoms with Crippen LogP contribution in [0.2, 0.25) is 0 Å². The molecule has 0 spiro atoms. The van der Waals surface area contributed by atoms with Gasteiger partial charge in [0.05, 0.1) is 11.9 Å². The zero-order chi connectivity index (χ0) is 16.4. The van der Waals surface area contributed by atoms with Crippen molar-refractivity contribution in [2.45, 2.75) is 31.8 Å². The fourth-order valence-electron chi connectivity index (χ4n) is 3.17. The van der Waals surface area contributed by atoms with E-state index in [1.807, 2.05) is 4.90 Å². The predicted molar refractivity (Wildman–Crippen MR) is 88.1 cm³/mol. The summed E-state index contributed by atoms with van der Waals surface area (Å²) in [5.41, 5.74) is 0.504. The molecule has 1 atom stereocenters. The van der Waals surface area contributed by atoms with Crippen LogP contribution >= 0.6 is 0 Å². The summed E-state index contributed by atoms with van der Waals surface area (Å²) in [5, 5.41) is 0. The number of benzene rings is 1. The normalized spacial score (nSPS) is 22.0. The van der Waals surface area contributed by atoms with E-state index in [0.29, 0.717) is 17.9 Å². The van der Waals surface area contributed by atoms with Crippen LogP contribution in [0.1, 0.15) is 25.7 Å². The molecule has 6 nitrogen and oxygen atoms in total. The van der Waals surface area contributed by atoms with Gasteiger partial charge in [-0.05, 0) is 31.4 Å². The second-order valence-electron chi connectivity index (χ2n) is 6.08. The van der Waals surface area contributed by atoms with Crippen molar-refractivity contribution < 1.29 is 17.9 Å². The first-order valence-electron chi connectivity index (χ1n) is 7.99. The molecule has 126 valence electrons. The molecule has 1 saturated heterocycles. The third kappa shape index (κ3) is 3.44. The lowest BCUT2D eigenvalue weighted by Gasteiger charge is -2.30. The number of anilines is 1. The van der Waals surface area contributed by atoms with Gasteiger partial charge in [-0.3, -0.25) is 9.10 Å². The highest BCUT2D eigenvalue weighted by Crippen LogP contribution is 2.34. The Balaban J connectivity index is 1.86. The summed E-state index contributed by atoms with van der Waals surface area (Å²) in [6.45, 7) is 1.77. The van der Waals surface area contributed by atoms with Gasteiger partial charge in [-0.15, -0.1) is 0 Å². The van der Waals surface area contributed by atoms with Gasteiger partial charge in [0, 0.05) is 26.1 Å². The van der Waals surface area contributed by atoms with Crippen LogP contribution in [-0.4, -0.2) is 51.2 Å². The number of fused-ring (bicyclic) bond motifs is 1. The van der Waals surface area contributed by atoms with Crippen molar-refractivity contribution in [2.75, 3.05) is 30.2 Å². The Kier molecular flexibility index (Phi) is 4.48. The van der Waals surface area contributed by atoms with Crippen LogP contribution < -0.4 is 9.04 Å². The van der Waals surface area contributed by atoms with Gasteiger partial charge in [-0.2, -0.15) is 0 Å². The van der Waals surface area contributed by atoms with Crippen LogP contribution in [0.3, 0.4) is 0 Å². The summed E-state index contributed by atoms with van der Waals surface area (Å²) < 4.78 is 31.3. The number of rotatable bonds is 2. The van der Waals surface area contributed by atoms with E-state index in [1.165, 1.54) is 10.6 Å². The Morgan fingerprint density at radius 2 is 1.83 bits per heavy atom. The van der Waals surface area contributed by atoms with Crippen molar-refractivity contribution in [1.82, 2.24) is 4.90 Å². The smallest absolute Gasteiger partial charge is 0.263 e. The molecule has 1 aromatic carbocycles. The van der Waals surface area contributed by atoms with Crippen molar-refractivity contribution in [3.05, 3.63) is 24.3 Å². The lowest BCUT2D eigenvalue weighted by atomic mass is 10.1. The highest BCUT2D eigenvalue weighted by molar-refractivity contribution is 7.92. The first-order chi connectivity index (χ1) is 11.0. The topological polar surface area (TPSA) is 66.9 Å². The highest BCUT2D eigenvalue weighted by Gasteiger charge is 2.33. The molecule has 0 radical (unpaired) electrons. The molecule has 0 aromatic heterocycles. The van der Waals surface area contributed by atoms with Crippen LogP contribution in [-0.2, 0) is 14.8 Å². The highest BCUT2D eigenvalue weighted by atomic mass is 32.2. The van der Waals surface area contributed by atoms with E-state index in [1.54, 1.807) is 24.3 Å². The average molecular weight is 338 g/mol. The second-order valence-corrected chi connectivity index (χ2v) is 7.99. The van der Waals surface area contributed by atoms with Crippen LogP contribution in [0.5, 0.6) is 5.75 Å². The molecule has 1 amide bonds. The van der Waals surface area contributed by atoms with E-state index in [-0.39, 0.29) is 12.5 Å². The average Bonchev–Trinajstić information content (AvgIpc) is 2.74. The number of hydrogen-bond donors (Lipinski definition) is 0. The number of piperidine rings is 1. The standard InChI is InChI=1S/C16H22N2O4S/c1-23(20,21)18-12-9-15(16(19)17-10-5-2-6-11-17)22-14-8-4-3-7-13(14)18/h3-4,7-8,15H,2,5-6,9-12H2,1H3/t15-/m0/s1. The zero-order valence-corrected chi connectivity index (χ0v) is 14.1. The van der Waals surface area contributed by atoms with Gasteiger partial charge >= 0.3 is 0 Å². The molecular formula is C16H22N2O4S. The summed E-state index contributed by atoms with van der Waals surface area (Å²) in [6.07, 6.45) is 4.10. The third-order valence-electron chi connectivity index (χ3n) is 4.34. The Hall–Kier alpha value is -1.76. The first-order valence-corrected chi connectivity index (χ1v) is 9.84. The number of amides is 1. The molecule has 0 N–H and O–H groups in total. The summed E-state index contributed by atoms with van der Waals surface area (Å²) in [5.74, 6) is 0.417. The van der Waals surface area contributed by atoms with Gasteiger partial charge in [-0.1, -0.05) is 12.1 Å². The largest absolute Gasteiger partial charge is 0.478 e. The van der Waals surface area contributed by atoms with Crippen molar-refractivity contribution in [1.29, 1.82) is 0 Å². The van der Waals surface area contributed by atoms with Crippen LogP contribution in [0.4, 0.5) is 5.69 Å². The first kappa shape index (κ1) is 16.1. The third-order valence-corrected chi connectivity index (χ3v) is 5.52. The Labute approximate surface area is 137 Å². The maximum absolute atomic E-state index is 12.7. The van der Waals surface area contributed by atoms with E-state index < -0.39 is 16.1 Å². The molecule has 0 aliphatic carbocycles. The summed E-state index contributed by atoms with van der Waals surface area (Å²) in [6, 6.07) is 6.99. The van der Waals surface area contributed by atoms with Gasteiger partial charge in [0.2, 0.25) is 10.0 Å². The van der Waals surface area contributed by atoms with Gasteiger partial charge < -0.3 is 9.64 Å². The molecule has 0 saturated carbocycles. The summed E-state index contributed by atoms with van der Waals surface area (Å²) in [7, 11) is -3.41. The maximum atomic E-state index is 12.7. The Morgan fingerprint density at radius 1 is 1.13 bits per heavy atom. The molecule has 1 aromatic rings. The minimum Gasteiger partial charge on any atom is -0.478 e. The van der Waals surface area contributed by atoms with Crippen molar-refractivity contribution >= 4 is 21.6 Å². The van der Waals surface area contributed by atoms with Crippen LogP contribution in [0.25, 0.3) is 0 Å². The number of carbonyl (C=O) groups is 1. The molecule has 2 heterocycles. The number of nitrogens with zero attached hydrogens (tertiary/aromatic N) is 2. The summed E-state index contributed by atoms with van der Waals surface area (Å²) >= 11 is 0. The summed E-state index contributed by atoms with van der Waals surface area (Å²) in [4.78, 5) is 14.5. The van der Waals surface area contributed by atoms with E-state index in [9.17, 15) is 13.2 Å². The lowest BCUT2D eigenvalue weighted by molar-refractivity contribution is -0.139. The number of sulfonamides is 1. The second kappa shape index (κ2) is 6.39. The number of likely N-dealkylation sites (tertiary alicyclic amines) is 1. The van der Waals surface area contributed by atoms with E-state index in [4.69, 9.17) is 4.74 Å². The lowest BCUT2D eigenvalue weighted by Crippen LogP contribution is -2.45. The number of ether oxygens (including phenoxy) is 1. The van der Waals surface area contributed by atoms with Crippen LogP contribution in [0, 0.1) is 0 Å². The van der Waals surface area contributed by atoms with Crippen LogP contribution in [0.15, 0.2) is 24.3 Å². The van der Waals surface area contributed by atoms with Gasteiger partial charge in [-0.25, -0.2) is 8.42 Å². The number of hydrogen-bond acceptors (Lipinski definition) is 4. The molecule has 2 aliphatic rings.